The molecule has 1 atom stereocenters. The first-order valence-electron chi connectivity index (χ1n) is 10.8. The van der Waals surface area contributed by atoms with Crippen LogP contribution in [0.4, 0.5) is 0 Å². The Morgan fingerprint density at radius 1 is 1.13 bits per heavy atom. The van der Waals surface area contributed by atoms with E-state index >= 15 is 0 Å². The second-order valence-corrected chi connectivity index (χ2v) is 9.41. The van der Waals surface area contributed by atoms with Crippen molar-refractivity contribution in [3.8, 4) is 0 Å². The number of hydrogen-bond acceptors (Lipinski definition) is 5. The molecule has 162 valence electrons. The summed E-state index contributed by atoms with van der Waals surface area (Å²) in [7, 11) is 3.57. The predicted octanol–water partition coefficient (Wildman–Crippen LogP) is 4.33. The van der Waals surface area contributed by atoms with Gasteiger partial charge in [0.25, 0.3) is 11.8 Å². The summed E-state index contributed by atoms with van der Waals surface area (Å²) in [6, 6.07) is 8.20. The Labute approximate surface area is 186 Å². The molecule has 4 rings (SSSR count). The summed E-state index contributed by atoms with van der Waals surface area (Å²) in [5, 5.41) is 1.12. The first-order chi connectivity index (χ1) is 15.0. The predicted molar refractivity (Wildman–Crippen MR) is 124 cm³/mol. The molecule has 31 heavy (non-hydrogen) atoms. The number of aromatic nitrogens is 2. The van der Waals surface area contributed by atoms with Crippen molar-refractivity contribution in [2.24, 2.45) is 0 Å². The lowest BCUT2D eigenvalue weighted by atomic mass is 9.97. The van der Waals surface area contributed by atoms with Crippen LogP contribution in [0.3, 0.4) is 0 Å². The van der Waals surface area contributed by atoms with Crippen molar-refractivity contribution >= 4 is 33.2 Å². The highest BCUT2D eigenvalue weighted by Crippen LogP contribution is 2.35. The smallest absolute Gasteiger partial charge is 0.274 e. The third-order valence-electron chi connectivity index (χ3n) is 5.88. The highest BCUT2D eigenvalue weighted by molar-refractivity contribution is 7.21. The molecule has 1 aliphatic rings. The number of likely N-dealkylation sites (tertiary alicyclic amines) is 1. The van der Waals surface area contributed by atoms with Gasteiger partial charge in [-0.05, 0) is 43.2 Å². The largest absolute Gasteiger partial charge is 0.344 e. The molecule has 3 heterocycles. The molecule has 0 saturated carbocycles. The van der Waals surface area contributed by atoms with Gasteiger partial charge in [0.15, 0.2) is 0 Å². The average Bonchev–Trinajstić information content (AvgIpc) is 2.96. The molecule has 1 saturated heterocycles. The van der Waals surface area contributed by atoms with Crippen LogP contribution >= 0.6 is 11.3 Å². The number of rotatable bonds is 4. The number of aryl methyl sites for hydroxylation is 1. The topological polar surface area (TPSA) is 66.4 Å². The third-order valence-corrected chi connectivity index (χ3v) is 7.08. The van der Waals surface area contributed by atoms with E-state index in [0.29, 0.717) is 18.7 Å². The highest BCUT2D eigenvalue weighted by atomic mass is 32.1. The maximum Gasteiger partial charge on any atom is 0.274 e. The quantitative estimate of drug-likeness (QED) is 0.611. The summed E-state index contributed by atoms with van der Waals surface area (Å²) >= 11 is 1.54. The summed E-state index contributed by atoms with van der Waals surface area (Å²) in [6.45, 7) is 2.57. The summed E-state index contributed by atoms with van der Waals surface area (Å²) in [4.78, 5) is 39.2. The average molecular weight is 437 g/mol. The van der Waals surface area contributed by atoms with Crippen LogP contribution in [-0.2, 0) is 6.42 Å². The van der Waals surface area contributed by atoms with Gasteiger partial charge in [0.1, 0.15) is 5.69 Å². The van der Waals surface area contributed by atoms with E-state index in [4.69, 9.17) is 0 Å². The Kier molecular flexibility index (Phi) is 6.32. The molecule has 6 nitrogen and oxygen atoms in total. The van der Waals surface area contributed by atoms with E-state index in [1.54, 1.807) is 42.7 Å². The molecular weight excluding hydrogens is 408 g/mol. The maximum absolute atomic E-state index is 13.3. The van der Waals surface area contributed by atoms with Crippen molar-refractivity contribution in [3.05, 3.63) is 58.5 Å². The fourth-order valence-corrected chi connectivity index (χ4v) is 5.47. The molecule has 0 N–H and O–H groups in total. The number of thiophene rings is 1. The number of carbonyl (C=O) groups is 2. The zero-order valence-corrected chi connectivity index (χ0v) is 19.1. The van der Waals surface area contributed by atoms with Crippen LogP contribution in [0.15, 0.2) is 36.7 Å². The van der Waals surface area contributed by atoms with Crippen LogP contribution in [0.5, 0.6) is 0 Å². The van der Waals surface area contributed by atoms with Crippen molar-refractivity contribution < 1.29 is 9.59 Å². The van der Waals surface area contributed by atoms with E-state index < -0.39 is 0 Å². The van der Waals surface area contributed by atoms with E-state index in [2.05, 4.69) is 22.1 Å². The van der Waals surface area contributed by atoms with Crippen molar-refractivity contribution in [1.82, 2.24) is 19.8 Å². The third kappa shape index (κ3) is 4.46. The Bertz CT molecular complexity index is 1090. The zero-order valence-electron chi connectivity index (χ0n) is 18.3. The van der Waals surface area contributed by atoms with Gasteiger partial charge in [0.05, 0.1) is 16.8 Å². The molecule has 2 aromatic heterocycles. The molecule has 0 bridgehead atoms. The molecule has 0 aliphatic carbocycles. The fraction of sp³-hybridized carbons (Fsp3) is 0.417. The molecular formula is C24H28N4O2S. The number of benzene rings is 1. The van der Waals surface area contributed by atoms with Crippen LogP contribution in [0.25, 0.3) is 10.1 Å². The van der Waals surface area contributed by atoms with E-state index in [1.807, 2.05) is 24.0 Å². The van der Waals surface area contributed by atoms with E-state index in [1.165, 1.54) is 0 Å². The molecule has 1 aromatic carbocycles. The van der Waals surface area contributed by atoms with Gasteiger partial charge in [0, 0.05) is 37.6 Å². The fourth-order valence-electron chi connectivity index (χ4n) is 4.22. The molecule has 0 unspecified atom stereocenters. The van der Waals surface area contributed by atoms with Gasteiger partial charge in [-0.15, -0.1) is 11.3 Å². The van der Waals surface area contributed by atoms with Crippen molar-refractivity contribution in [1.29, 1.82) is 0 Å². The Balaban J connectivity index is 1.71. The lowest BCUT2D eigenvalue weighted by molar-refractivity contribution is 0.0675. The van der Waals surface area contributed by atoms with E-state index in [-0.39, 0.29) is 17.9 Å². The van der Waals surface area contributed by atoms with Crippen LogP contribution in [0.2, 0.25) is 0 Å². The number of hydrogen-bond donors (Lipinski definition) is 0. The lowest BCUT2D eigenvalue weighted by Crippen LogP contribution is -2.42. The Hall–Kier alpha value is -2.80. The van der Waals surface area contributed by atoms with Crippen molar-refractivity contribution in [3.63, 3.8) is 0 Å². The highest BCUT2D eigenvalue weighted by Gasteiger charge is 2.30. The molecule has 2 amide bonds. The maximum atomic E-state index is 13.3. The molecule has 3 aromatic rings. The summed E-state index contributed by atoms with van der Waals surface area (Å²) in [6.07, 6.45) is 7.96. The van der Waals surface area contributed by atoms with Crippen LogP contribution in [0.1, 0.15) is 57.1 Å². The van der Waals surface area contributed by atoms with Gasteiger partial charge in [-0.2, -0.15) is 0 Å². The minimum Gasteiger partial charge on any atom is -0.344 e. The van der Waals surface area contributed by atoms with Gasteiger partial charge in [-0.3, -0.25) is 14.6 Å². The molecule has 7 heteroatoms. The van der Waals surface area contributed by atoms with Gasteiger partial charge < -0.3 is 9.80 Å². The summed E-state index contributed by atoms with van der Waals surface area (Å²) < 4.78 is 1.11. The first kappa shape index (κ1) is 21.4. The van der Waals surface area contributed by atoms with Gasteiger partial charge in [-0.1, -0.05) is 31.0 Å². The number of fused-ring (bicyclic) bond motifs is 1. The Morgan fingerprint density at radius 3 is 2.68 bits per heavy atom. The van der Waals surface area contributed by atoms with Crippen LogP contribution in [0, 0.1) is 6.92 Å². The molecule has 0 spiro atoms. The van der Waals surface area contributed by atoms with Crippen molar-refractivity contribution in [2.45, 2.75) is 45.1 Å². The summed E-state index contributed by atoms with van der Waals surface area (Å²) in [5.74, 6) is -0.0495. The lowest BCUT2D eigenvalue weighted by Gasteiger charge is -2.30. The number of nitrogens with zero attached hydrogens (tertiary/aromatic N) is 4. The minimum atomic E-state index is -0.0700. The second-order valence-electron chi connectivity index (χ2n) is 8.35. The van der Waals surface area contributed by atoms with Gasteiger partial charge in [0.2, 0.25) is 0 Å². The molecule has 0 radical (unpaired) electrons. The Morgan fingerprint density at radius 2 is 1.94 bits per heavy atom. The molecule has 1 aliphatic heterocycles. The van der Waals surface area contributed by atoms with Gasteiger partial charge >= 0.3 is 0 Å². The van der Waals surface area contributed by atoms with Gasteiger partial charge in [-0.25, -0.2) is 4.98 Å². The van der Waals surface area contributed by atoms with Crippen LogP contribution in [-0.4, -0.2) is 58.3 Å². The summed E-state index contributed by atoms with van der Waals surface area (Å²) in [5.41, 5.74) is 2.23. The van der Waals surface area contributed by atoms with E-state index in [9.17, 15) is 9.59 Å². The second kappa shape index (κ2) is 9.14. The zero-order chi connectivity index (χ0) is 22.0. The minimum absolute atomic E-state index is 0.0205. The normalized spacial score (nSPS) is 16.9. The SMILES string of the molecule is Cc1cnc(C(=O)N2CCCCC[C@H]2Cc2c(C(=O)N(C)C)sc3ccccc23)cn1. The standard InChI is InChI=1S/C24H28N4O2S/c1-16-14-26-20(15-25-16)23(29)28-12-8-4-5-9-17(28)13-19-18-10-6-7-11-21(18)31-22(19)24(30)27(2)3/h6-7,10-11,14-15,17H,4-5,8-9,12-13H2,1-3H3/t17-/m0/s1. The number of amides is 2. The number of carbonyl (C=O) groups excluding carboxylic acids is 2. The van der Waals surface area contributed by atoms with Crippen LogP contribution < -0.4 is 0 Å². The first-order valence-corrected chi connectivity index (χ1v) is 11.6. The van der Waals surface area contributed by atoms with Crippen molar-refractivity contribution in [2.75, 3.05) is 20.6 Å². The monoisotopic (exact) mass is 436 g/mol. The molecule has 1 fully saturated rings. The van der Waals surface area contributed by atoms with E-state index in [0.717, 1.165) is 51.9 Å².